The summed E-state index contributed by atoms with van der Waals surface area (Å²) in [6.07, 6.45) is 8.26. The van der Waals surface area contributed by atoms with Gasteiger partial charge in [0, 0.05) is 18.0 Å². The van der Waals surface area contributed by atoms with E-state index in [2.05, 4.69) is 34.5 Å². The zero-order valence-electron chi connectivity index (χ0n) is 14.3. The van der Waals surface area contributed by atoms with Crippen molar-refractivity contribution in [1.82, 2.24) is 4.90 Å². The van der Waals surface area contributed by atoms with Crippen LogP contribution in [0.5, 0.6) is 0 Å². The Hall–Kier alpha value is -1.16. The lowest BCUT2D eigenvalue weighted by Crippen LogP contribution is -2.53. The van der Waals surface area contributed by atoms with Crippen LogP contribution in [-0.4, -0.2) is 23.1 Å². The van der Waals surface area contributed by atoms with Gasteiger partial charge in [0.2, 0.25) is 0 Å². The maximum absolute atomic E-state index is 11.1. The van der Waals surface area contributed by atoms with Crippen molar-refractivity contribution in [3.8, 4) is 0 Å². The first-order valence-electron chi connectivity index (χ1n) is 9.30. The number of thiophene rings is 1. The van der Waals surface area contributed by atoms with E-state index in [1.54, 1.807) is 0 Å². The van der Waals surface area contributed by atoms with Crippen molar-refractivity contribution in [2.24, 2.45) is 0 Å². The van der Waals surface area contributed by atoms with E-state index in [4.69, 9.17) is 0 Å². The molecule has 2 heterocycles. The second-order valence-electron chi connectivity index (χ2n) is 7.45. The largest absolute Gasteiger partial charge is 0.385 e. The summed E-state index contributed by atoms with van der Waals surface area (Å²) in [4.78, 5) is 4.22. The van der Waals surface area contributed by atoms with Gasteiger partial charge in [-0.25, -0.2) is 0 Å². The van der Waals surface area contributed by atoms with Crippen molar-refractivity contribution in [2.45, 2.75) is 56.1 Å². The molecule has 128 valence electrons. The first-order valence-corrected chi connectivity index (χ1v) is 10.2. The molecule has 2 nitrogen and oxygen atoms in total. The van der Waals surface area contributed by atoms with Gasteiger partial charge in [0.05, 0.1) is 11.1 Å². The van der Waals surface area contributed by atoms with Crippen LogP contribution >= 0.6 is 11.3 Å². The normalized spacial score (nSPS) is 23.9. The molecular weight excluding hydrogens is 314 g/mol. The number of rotatable bonds is 3. The molecule has 1 aliphatic heterocycles. The second kappa shape index (κ2) is 6.62. The molecule has 2 aromatic rings. The Morgan fingerprint density at radius 3 is 2.17 bits per heavy atom. The summed E-state index contributed by atoms with van der Waals surface area (Å²) in [5.41, 5.74) is 0.659. The Balaban J connectivity index is 1.55. The van der Waals surface area contributed by atoms with E-state index in [-0.39, 0.29) is 5.54 Å². The molecule has 1 aromatic heterocycles. The van der Waals surface area contributed by atoms with Crippen LogP contribution in [0.1, 0.15) is 55.4 Å². The number of benzene rings is 1. The molecule has 0 amide bonds. The lowest BCUT2D eigenvalue weighted by Gasteiger charge is -2.50. The molecule has 4 rings (SSSR count). The molecule has 1 aromatic carbocycles. The van der Waals surface area contributed by atoms with Gasteiger partial charge < -0.3 is 5.11 Å². The Morgan fingerprint density at radius 1 is 0.833 bits per heavy atom. The summed E-state index contributed by atoms with van der Waals surface area (Å²) < 4.78 is 0. The molecule has 24 heavy (non-hydrogen) atoms. The predicted octanol–water partition coefficient (Wildman–Crippen LogP) is 4.89. The third-order valence-corrected chi connectivity index (χ3v) is 7.23. The quantitative estimate of drug-likeness (QED) is 0.859. The van der Waals surface area contributed by atoms with Crippen LogP contribution in [0.4, 0.5) is 0 Å². The maximum atomic E-state index is 11.1. The highest BCUT2D eigenvalue weighted by Crippen LogP contribution is 2.47. The Bertz CT molecular complexity index is 638. The van der Waals surface area contributed by atoms with Gasteiger partial charge in [-0.1, -0.05) is 55.7 Å². The van der Waals surface area contributed by atoms with Gasteiger partial charge in [-0.2, -0.15) is 0 Å². The number of aliphatic hydroxyl groups is 1. The minimum Gasteiger partial charge on any atom is -0.385 e. The Labute approximate surface area is 149 Å². The smallest absolute Gasteiger partial charge is 0.0920 e. The van der Waals surface area contributed by atoms with Gasteiger partial charge in [0.15, 0.2) is 0 Å². The fourth-order valence-electron chi connectivity index (χ4n) is 4.74. The van der Waals surface area contributed by atoms with Gasteiger partial charge in [0.25, 0.3) is 0 Å². The monoisotopic (exact) mass is 341 g/mol. The highest BCUT2D eigenvalue weighted by Gasteiger charge is 2.44. The number of piperidine rings is 1. The van der Waals surface area contributed by atoms with Crippen LogP contribution in [0.3, 0.4) is 0 Å². The van der Waals surface area contributed by atoms with Crippen molar-refractivity contribution < 1.29 is 5.11 Å². The number of nitrogens with zero attached hydrogens (tertiary/aromatic N) is 1. The summed E-state index contributed by atoms with van der Waals surface area (Å²) in [5.74, 6) is 0. The molecule has 0 unspecified atom stereocenters. The highest BCUT2D eigenvalue weighted by molar-refractivity contribution is 7.10. The molecule has 1 saturated heterocycles. The van der Waals surface area contributed by atoms with Crippen LogP contribution in [0, 0.1) is 0 Å². The summed E-state index contributed by atoms with van der Waals surface area (Å²) in [7, 11) is 0. The lowest BCUT2D eigenvalue weighted by atomic mass is 9.76. The van der Waals surface area contributed by atoms with Crippen LogP contribution in [0.2, 0.25) is 0 Å². The van der Waals surface area contributed by atoms with Crippen LogP contribution < -0.4 is 0 Å². The van der Waals surface area contributed by atoms with E-state index in [9.17, 15) is 5.11 Å². The molecule has 0 bridgehead atoms. The van der Waals surface area contributed by atoms with Gasteiger partial charge in [0.1, 0.15) is 0 Å². The lowest BCUT2D eigenvalue weighted by molar-refractivity contribution is -0.0658. The molecule has 1 saturated carbocycles. The van der Waals surface area contributed by atoms with E-state index >= 15 is 0 Å². The third kappa shape index (κ3) is 2.83. The molecule has 0 radical (unpaired) electrons. The van der Waals surface area contributed by atoms with Crippen molar-refractivity contribution in [3.05, 3.63) is 58.3 Å². The van der Waals surface area contributed by atoms with Gasteiger partial charge in [-0.05, 0) is 42.7 Å². The predicted molar refractivity (Wildman–Crippen MR) is 100 cm³/mol. The minimum absolute atomic E-state index is 0.227. The SMILES string of the molecule is OC1(c2ccccc2)CCN(C2(c3cccs3)CCCCC2)CC1. The summed E-state index contributed by atoms with van der Waals surface area (Å²) in [6.45, 7) is 1.98. The zero-order chi connectivity index (χ0) is 16.5. The molecule has 0 spiro atoms. The third-order valence-electron chi connectivity index (χ3n) is 6.17. The number of likely N-dealkylation sites (tertiary alicyclic amines) is 1. The summed E-state index contributed by atoms with van der Waals surface area (Å²) in [6, 6.07) is 14.8. The molecule has 1 N–H and O–H groups in total. The van der Waals surface area contributed by atoms with Crippen molar-refractivity contribution in [2.75, 3.05) is 13.1 Å². The fourth-order valence-corrected chi connectivity index (χ4v) is 5.75. The average molecular weight is 342 g/mol. The van der Waals surface area contributed by atoms with Gasteiger partial charge >= 0.3 is 0 Å². The van der Waals surface area contributed by atoms with E-state index < -0.39 is 5.60 Å². The molecule has 2 aliphatic rings. The topological polar surface area (TPSA) is 23.5 Å². The van der Waals surface area contributed by atoms with Crippen LogP contribution in [-0.2, 0) is 11.1 Å². The second-order valence-corrected chi connectivity index (χ2v) is 8.40. The highest BCUT2D eigenvalue weighted by atomic mass is 32.1. The van der Waals surface area contributed by atoms with Gasteiger partial charge in [-0.3, -0.25) is 4.90 Å². The van der Waals surface area contributed by atoms with Crippen molar-refractivity contribution in [3.63, 3.8) is 0 Å². The van der Waals surface area contributed by atoms with Crippen molar-refractivity contribution in [1.29, 1.82) is 0 Å². The Morgan fingerprint density at radius 2 is 1.54 bits per heavy atom. The van der Waals surface area contributed by atoms with E-state index in [1.807, 2.05) is 29.5 Å². The molecule has 1 aliphatic carbocycles. The standard InChI is InChI=1S/C21H27NOS/c23-21(18-8-3-1-4-9-18)13-15-22(16-14-21)20(11-5-2-6-12-20)19-10-7-17-24-19/h1,3-4,7-10,17,23H,2,5-6,11-16H2. The number of hydrogen-bond donors (Lipinski definition) is 1. The first-order chi connectivity index (χ1) is 11.7. The summed E-state index contributed by atoms with van der Waals surface area (Å²) >= 11 is 1.91. The summed E-state index contributed by atoms with van der Waals surface area (Å²) in [5, 5.41) is 13.4. The maximum Gasteiger partial charge on any atom is 0.0920 e. The Kier molecular flexibility index (Phi) is 4.50. The molecule has 3 heteroatoms. The van der Waals surface area contributed by atoms with Crippen molar-refractivity contribution >= 4 is 11.3 Å². The van der Waals surface area contributed by atoms with E-state index in [0.29, 0.717) is 0 Å². The zero-order valence-corrected chi connectivity index (χ0v) is 15.1. The van der Waals surface area contributed by atoms with E-state index in [0.717, 1.165) is 31.5 Å². The minimum atomic E-state index is -0.650. The molecular formula is C21H27NOS. The van der Waals surface area contributed by atoms with Gasteiger partial charge in [-0.15, -0.1) is 11.3 Å². The molecule has 0 atom stereocenters. The average Bonchev–Trinajstić information content (AvgIpc) is 3.19. The van der Waals surface area contributed by atoms with Crippen LogP contribution in [0.25, 0.3) is 0 Å². The first kappa shape index (κ1) is 16.3. The number of hydrogen-bond acceptors (Lipinski definition) is 3. The fraction of sp³-hybridized carbons (Fsp3) is 0.524. The molecule has 2 fully saturated rings. The van der Waals surface area contributed by atoms with Crippen LogP contribution in [0.15, 0.2) is 47.8 Å². The van der Waals surface area contributed by atoms with E-state index in [1.165, 1.54) is 37.0 Å².